The van der Waals surface area contributed by atoms with Crippen LogP contribution in [0.2, 0.25) is 5.15 Å². The number of nitrogens with zero attached hydrogens (tertiary/aromatic N) is 5. The maximum Gasteiger partial charge on any atom is 0.360 e. The van der Waals surface area contributed by atoms with E-state index in [0.717, 1.165) is 57.4 Å². The molecule has 174 valence electrons. The fourth-order valence-electron chi connectivity index (χ4n) is 5.34. The molecule has 2 fully saturated rings. The second-order valence-corrected chi connectivity index (χ2v) is 9.16. The van der Waals surface area contributed by atoms with E-state index in [4.69, 9.17) is 16.3 Å². The Bertz CT molecular complexity index is 1150. The van der Waals surface area contributed by atoms with Crippen molar-refractivity contribution in [1.29, 1.82) is 0 Å². The number of carbonyl (C=O) groups excluding carboxylic acids is 1. The Hall–Kier alpha value is -2.71. The van der Waals surface area contributed by atoms with E-state index in [-0.39, 0.29) is 16.7 Å². The van der Waals surface area contributed by atoms with Crippen molar-refractivity contribution in [1.82, 2.24) is 19.7 Å². The number of hydrogen-bond acceptors (Lipinski definition) is 6. The zero-order chi connectivity index (χ0) is 22.9. The molecule has 9 heteroatoms. The number of benzene rings is 1. The van der Waals surface area contributed by atoms with Crippen molar-refractivity contribution in [3.8, 4) is 0 Å². The molecule has 0 unspecified atom stereocenters. The van der Waals surface area contributed by atoms with Gasteiger partial charge in [-0.05, 0) is 43.9 Å². The summed E-state index contributed by atoms with van der Waals surface area (Å²) in [5.74, 6) is -0.661. The molecular weight excluding hydrogens is 445 g/mol. The highest BCUT2D eigenvalue weighted by atomic mass is 35.5. The number of rotatable bonds is 4. The van der Waals surface area contributed by atoms with Crippen molar-refractivity contribution in [2.24, 2.45) is 0 Å². The molecule has 0 amide bonds. The third kappa shape index (κ3) is 4.29. The first-order valence-corrected chi connectivity index (χ1v) is 11.8. The van der Waals surface area contributed by atoms with Crippen LogP contribution < -0.4 is 4.90 Å². The quantitative estimate of drug-likeness (QED) is 0.528. The SMILES string of the molecule is COC(=O)c1nnc(Cl)cc1N1CCN(C2CCC(n3ccc4c(F)cccc43)CC2)CC1. The Morgan fingerprint density at radius 3 is 2.52 bits per heavy atom. The molecule has 2 aromatic heterocycles. The summed E-state index contributed by atoms with van der Waals surface area (Å²) in [7, 11) is 1.34. The van der Waals surface area contributed by atoms with Crippen LogP contribution in [-0.4, -0.2) is 65.0 Å². The number of anilines is 1. The summed E-state index contributed by atoms with van der Waals surface area (Å²) in [4.78, 5) is 16.8. The van der Waals surface area contributed by atoms with E-state index in [2.05, 4.69) is 24.6 Å². The van der Waals surface area contributed by atoms with Gasteiger partial charge in [0.2, 0.25) is 0 Å². The number of methoxy groups -OCH3 is 1. The lowest BCUT2D eigenvalue weighted by Crippen LogP contribution is -2.51. The van der Waals surface area contributed by atoms with Gasteiger partial charge in [-0.15, -0.1) is 10.2 Å². The molecule has 0 N–H and O–H groups in total. The molecule has 0 spiro atoms. The standard InChI is InChI=1S/C24H27ClFN5O2/c1-33-24(32)23-21(15-22(25)27-28-23)30-13-11-29(12-14-30)16-5-7-17(8-6-16)31-10-9-18-19(26)3-2-4-20(18)31/h2-4,9-10,15-17H,5-8,11-14H2,1H3. The number of aromatic nitrogens is 3. The second-order valence-electron chi connectivity index (χ2n) is 8.77. The zero-order valence-electron chi connectivity index (χ0n) is 18.6. The van der Waals surface area contributed by atoms with Crippen LogP contribution in [0.25, 0.3) is 10.9 Å². The van der Waals surface area contributed by atoms with Gasteiger partial charge in [0.25, 0.3) is 0 Å². The van der Waals surface area contributed by atoms with E-state index in [1.165, 1.54) is 13.2 Å². The van der Waals surface area contributed by atoms with Crippen LogP contribution in [0.15, 0.2) is 36.5 Å². The van der Waals surface area contributed by atoms with E-state index < -0.39 is 5.97 Å². The number of ether oxygens (including phenoxy) is 1. The van der Waals surface area contributed by atoms with Crippen LogP contribution in [-0.2, 0) is 4.74 Å². The number of hydrogen-bond donors (Lipinski definition) is 0. The molecule has 3 heterocycles. The predicted molar refractivity (Wildman–Crippen MR) is 125 cm³/mol. The molecule has 0 radical (unpaired) electrons. The first kappa shape index (κ1) is 22.1. The summed E-state index contributed by atoms with van der Waals surface area (Å²) in [6, 6.07) is 9.84. The number of esters is 1. The highest BCUT2D eigenvalue weighted by Crippen LogP contribution is 2.35. The minimum Gasteiger partial charge on any atom is -0.464 e. The monoisotopic (exact) mass is 471 g/mol. The van der Waals surface area contributed by atoms with Crippen molar-refractivity contribution in [2.75, 3.05) is 38.2 Å². The Morgan fingerprint density at radius 1 is 1.06 bits per heavy atom. The number of piperazine rings is 1. The topological polar surface area (TPSA) is 63.5 Å². The summed E-state index contributed by atoms with van der Waals surface area (Å²) in [5, 5.41) is 8.72. The average Bonchev–Trinajstić information content (AvgIpc) is 3.29. The molecule has 1 aromatic carbocycles. The summed E-state index contributed by atoms with van der Waals surface area (Å²) >= 11 is 6.05. The lowest BCUT2D eigenvalue weighted by molar-refractivity contribution is 0.0593. The number of halogens is 2. The van der Waals surface area contributed by atoms with Gasteiger partial charge >= 0.3 is 5.97 Å². The predicted octanol–water partition coefficient (Wildman–Crippen LogP) is 4.32. The summed E-state index contributed by atoms with van der Waals surface area (Å²) < 4.78 is 21.2. The molecule has 1 saturated heterocycles. The van der Waals surface area contributed by atoms with Crippen LogP contribution in [0.5, 0.6) is 0 Å². The summed E-state index contributed by atoms with van der Waals surface area (Å²) in [6.07, 6.45) is 6.44. The lowest BCUT2D eigenvalue weighted by atomic mass is 9.89. The first-order chi connectivity index (χ1) is 16.0. The highest BCUT2D eigenvalue weighted by Gasteiger charge is 2.31. The van der Waals surface area contributed by atoms with E-state index >= 15 is 0 Å². The fourth-order valence-corrected chi connectivity index (χ4v) is 5.48. The van der Waals surface area contributed by atoms with Gasteiger partial charge in [0.1, 0.15) is 5.82 Å². The molecule has 1 saturated carbocycles. The Morgan fingerprint density at radius 2 is 1.79 bits per heavy atom. The smallest absolute Gasteiger partial charge is 0.360 e. The summed E-state index contributed by atoms with van der Waals surface area (Å²) in [6.45, 7) is 3.39. The van der Waals surface area contributed by atoms with Crippen LogP contribution in [0, 0.1) is 5.82 Å². The first-order valence-electron chi connectivity index (χ1n) is 11.4. The third-order valence-corrected chi connectivity index (χ3v) is 7.25. The van der Waals surface area contributed by atoms with Gasteiger partial charge in [-0.2, -0.15) is 0 Å². The molecule has 1 aliphatic heterocycles. The maximum absolute atomic E-state index is 14.1. The lowest BCUT2D eigenvalue weighted by Gasteiger charge is -2.43. The molecule has 33 heavy (non-hydrogen) atoms. The maximum atomic E-state index is 14.1. The molecular formula is C24H27ClFN5O2. The van der Waals surface area contributed by atoms with Crippen molar-refractivity contribution < 1.29 is 13.9 Å². The van der Waals surface area contributed by atoms with Gasteiger partial charge in [-0.3, -0.25) is 4.90 Å². The number of carbonyl (C=O) groups is 1. The Balaban J connectivity index is 1.21. The summed E-state index contributed by atoms with van der Waals surface area (Å²) in [5.41, 5.74) is 1.86. The molecule has 0 bridgehead atoms. The van der Waals surface area contributed by atoms with Crippen molar-refractivity contribution in [3.63, 3.8) is 0 Å². The largest absolute Gasteiger partial charge is 0.464 e. The van der Waals surface area contributed by atoms with Crippen molar-refractivity contribution in [3.05, 3.63) is 53.2 Å². The molecule has 5 rings (SSSR count). The molecule has 2 aliphatic rings. The van der Waals surface area contributed by atoms with E-state index in [1.807, 2.05) is 18.3 Å². The van der Waals surface area contributed by atoms with Gasteiger partial charge < -0.3 is 14.2 Å². The van der Waals surface area contributed by atoms with E-state index in [1.54, 1.807) is 12.1 Å². The second kappa shape index (κ2) is 9.27. The molecule has 0 atom stereocenters. The molecule has 3 aromatic rings. The van der Waals surface area contributed by atoms with Crippen LogP contribution in [0.4, 0.5) is 10.1 Å². The highest BCUT2D eigenvalue weighted by molar-refractivity contribution is 6.29. The van der Waals surface area contributed by atoms with Crippen LogP contribution in [0.3, 0.4) is 0 Å². The Kier molecular flexibility index (Phi) is 6.21. The van der Waals surface area contributed by atoms with Crippen molar-refractivity contribution >= 4 is 34.2 Å². The normalized spacial score (nSPS) is 22.0. The fraction of sp³-hybridized carbons (Fsp3) is 0.458. The van der Waals surface area contributed by atoms with Crippen LogP contribution >= 0.6 is 11.6 Å². The van der Waals surface area contributed by atoms with Crippen molar-refractivity contribution in [2.45, 2.75) is 37.8 Å². The minimum absolute atomic E-state index is 0.154. The molecule has 7 nitrogen and oxygen atoms in total. The van der Waals surface area contributed by atoms with E-state index in [0.29, 0.717) is 23.2 Å². The van der Waals surface area contributed by atoms with Crippen LogP contribution in [0.1, 0.15) is 42.2 Å². The average molecular weight is 472 g/mol. The minimum atomic E-state index is -0.507. The van der Waals surface area contributed by atoms with Gasteiger partial charge in [0, 0.05) is 55.9 Å². The Labute approximate surface area is 197 Å². The number of fused-ring (bicyclic) bond motifs is 1. The third-order valence-electron chi connectivity index (χ3n) is 7.06. The molecule has 1 aliphatic carbocycles. The zero-order valence-corrected chi connectivity index (χ0v) is 19.3. The van der Waals surface area contributed by atoms with E-state index in [9.17, 15) is 9.18 Å². The van der Waals surface area contributed by atoms with Gasteiger partial charge in [0.15, 0.2) is 10.8 Å². The van der Waals surface area contributed by atoms with Gasteiger partial charge in [0.05, 0.1) is 18.3 Å². The van der Waals surface area contributed by atoms with Gasteiger partial charge in [-0.25, -0.2) is 9.18 Å². The van der Waals surface area contributed by atoms with Gasteiger partial charge in [-0.1, -0.05) is 17.7 Å².